The van der Waals surface area contributed by atoms with Gasteiger partial charge < -0.3 is 20.1 Å². The molecule has 2 N–H and O–H groups in total. The number of hydrogen-bond donors (Lipinski definition) is 2. The monoisotopic (exact) mass is 491 g/mol. The number of nitrogens with zero attached hydrogens (tertiary/aromatic N) is 1. The molecule has 0 saturated carbocycles. The van der Waals surface area contributed by atoms with E-state index >= 15 is 0 Å². The van der Waals surface area contributed by atoms with Crippen molar-refractivity contribution in [1.82, 2.24) is 10.3 Å². The zero-order valence-electron chi connectivity index (χ0n) is 20.4. The summed E-state index contributed by atoms with van der Waals surface area (Å²) in [7, 11) is 1.34. The van der Waals surface area contributed by atoms with E-state index in [1.807, 2.05) is 61.5 Å². The fourth-order valence-electron chi connectivity index (χ4n) is 3.45. The smallest absolute Gasteiger partial charge is 0.337 e. The van der Waals surface area contributed by atoms with Crippen LogP contribution in [0, 0.1) is 11.8 Å². The minimum absolute atomic E-state index is 0.237. The van der Waals surface area contributed by atoms with Crippen LogP contribution in [0.4, 0.5) is 10.5 Å². The number of benzene rings is 3. The Morgan fingerprint density at radius 3 is 2.32 bits per heavy atom. The second kappa shape index (κ2) is 12.0. The fraction of sp³-hybridized carbons (Fsp3) is 0.100. The van der Waals surface area contributed by atoms with Crippen LogP contribution < -0.4 is 15.4 Å². The van der Waals surface area contributed by atoms with Gasteiger partial charge in [0.1, 0.15) is 11.5 Å². The Kier molecular flexibility index (Phi) is 8.15. The summed E-state index contributed by atoms with van der Waals surface area (Å²) in [5.74, 6) is 7.08. The molecule has 2 amide bonds. The van der Waals surface area contributed by atoms with Crippen LogP contribution in [-0.4, -0.2) is 24.1 Å². The van der Waals surface area contributed by atoms with E-state index in [0.717, 1.165) is 11.1 Å². The molecule has 0 bridgehead atoms. The second-order valence-corrected chi connectivity index (χ2v) is 8.04. The predicted molar refractivity (Wildman–Crippen MR) is 142 cm³/mol. The topological polar surface area (TPSA) is 89.5 Å². The van der Waals surface area contributed by atoms with Crippen molar-refractivity contribution in [2.45, 2.75) is 13.0 Å². The number of carbonyl (C=O) groups is 2. The number of anilines is 1. The molecule has 0 radical (unpaired) electrons. The molecule has 4 aromatic rings. The van der Waals surface area contributed by atoms with Gasteiger partial charge in [0.25, 0.3) is 0 Å². The highest BCUT2D eigenvalue weighted by molar-refractivity contribution is 5.91. The van der Waals surface area contributed by atoms with Gasteiger partial charge in [-0.25, -0.2) is 9.59 Å². The highest BCUT2D eigenvalue weighted by atomic mass is 16.5. The fourth-order valence-corrected chi connectivity index (χ4v) is 3.45. The van der Waals surface area contributed by atoms with Crippen LogP contribution in [0.2, 0.25) is 0 Å². The van der Waals surface area contributed by atoms with Crippen LogP contribution in [0.1, 0.15) is 40.0 Å². The van der Waals surface area contributed by atoms with Gasteiger partial charge in [-0.1, -0.05) is 36.1 Å². The lowest BCUT2D eigenvalue weighted by atomic mass is 10.1. The number of rotatable bonds is 6. The molecule has 1 aromatic heterocycles. The molecular formula is C30H25N3O4. The minimum Gasteiger partial charge on any atom is -0.465 e. The first kappa shape index (κ1) is 25.0. The van der Waals surface area contributed by atoms with E-state index in [2.05, 4.69) is 27.5 Å². The van der Waals surface area contributed by atoms with Gasteiger partial charge in [0.2, 0.25) is 0 Å². The average Bonchev–Trinajstić information content (AvgIpc) is 2.93. The Morgan fingerprint density at radius 2 is 1.62 bits per heavy atom. The number of aromatic nitrogens is 1. The van der Waals surface area contributed by atoms with Crippen molar-refractivity contribution >= 4 is 17.7 Å². The molecule has 1 atom stereocenters. The van der Waals surface area contributed by atoms with Gasteiger partial charge in [-0.15, -0.1) is 0 Å². The number of nitrogens with one attached hydrogen (secondary N) is 2. The normalized spacial score (nSPS) is 10.9. The first-order chi connectivity index (χ1) is 18.0. The molecule has 0 aliphatic heterocycles. The molecule has 0 fully saturated rings. The lowest BCUT2D eigenvalue weighted by molar-refractivity contribution is 0.0600. The number of amides is 2. The van der Waals surface area contributed by atoms with Crippen LogP contribution in [0.15, 0.2) is 97.3 Å². The number of hydrogen-bond acceptors (Lipinski definition) is 5. The standard InChI is InChI=1S/C30H25N3O4/c1-21(23-15-17-26(18-16-23)37-27-7-5-19-31-20-27)32-30(35)33-28-8-4-3-6-24(28)12-9-22-10-13-25(14-11-22)29(34)36-2/h3-8,10-11,13-21H,1-2H3,(H2,32,33,35). The maximum atomic E-state index is 12.7. The van der Waals surface area contributed by atoms with E-state index < -0.39 is 5.97 Å². The van der Waals surface area contributed by atoms with Crippen molar-refractivity contribution in [2.24, 2.45) is 0 Å². The molecule has 0 saturated heterocycles. The van der Waals surface area contributed by atoms with Crippen molar-refractivity contribution in [3.63, 3.8) is 0 Å². The number of para-hydroxylation sites is 1. The van der Waals surface area contributed by atoms with Gasteiger partial charge in [-0.2, -0.15) is 0 Å². The summed E-state index contributed by atoms with van der Waals surface area (Å²) in [6.45, 7) is 1.90. The Hall–Kier alpha value is -5.09. The Labute approximate surface area is 215 Å². The lowest BCUT2D eigenvalue weighted by Crippen LogP contribution is -2.31. The highest BCUT2D eigenvalue weighted by Crippen LogP contribution is 2.23. The maximum absolute atomic E-state index is 12.7. The highest BCUT2D eigenvalue weighted by Gasteiger charge is 2.11. The third-order valence-electron chi connectivity index (χ3n) is 5.42. The zero-order chi connectivity index (χ0) is 26.0. The molecule has 0 aliphatic carbocycles. The van der Waals surface area contributed by atoms with Crippen molar-refractivity contribution < 1.29 is 19.1 Å². The summed E-state index contributed by atoms with van der Waals surface area (Å²) in [6.07, 6.45) is 3.33. The van der Waals surface area contributed by atoms with E-state index in [9.17, 15) is 9.59 Å². The predicted octanol–water partition coefficient (Wildman–Crippen LogP) is 5.94. The number of ether oxygens (including phenoxy) is 2. The van der Waals surface area contributed by atoms with Crippen LogP contribution in [0.3, 0.4) is 0 Å². The SMILES string of the molecule is COC(=O)c1ccc(C#Cc2ccccc2NC(=O)NC(C)c2ccc(Oc3cccnc3)cc2)cc1. The maximum Gasteiger partial charge on any atom is 0.337 e. The van der Waals surface area contributed by atoms with Crippen LogP contribution in [0.25, 0.3) is 0 Å². The molecule has 7 nitrogen and oxygen atoms in total. The quantitative estimate of drug-likeness (QED) is 0.257. The molecule has 4 rings (SSSR count). The third kappa shape index (κ3) is 6.96. The van der Waals surface area contributed by atoms with E-state index in [-0.39, 0.29) is 12.1 Å². The van der Waals surface area contributed by atoms with Crippen molar-refractivity contribution in [1.29, 1.82) is 0 Å². The molecule has 184 valence electrons. The van der Waals surface area contributed by atoms with E-state index in [1.165, 1.54) is 7.11 Å². The molecule has 1 unspecified atom stereocenters. The molecule has 0 spiro atoms. The Bertz CT molecular complexity index is 1420. The number of pyridine rings is 1. The lowest BCUT2D eigenvalue weighted by Gasteiger charge is -2.16. The van der Waals surface area contributed by atoms with Crippen LogP contribution in [-0.2, 0) is 4.74 Å². The number of methoxy groups -OCH3 is 1. The molecule has 37 heavy (non-hydrogen) atoms. The van der Waals surface area contributed by atoms with Gasteiger partial charge in [0.05, 0.1) is 30.6 Å². The first-order valence-corrected chi connectivity index (χ1v) is 11.6. The van der Waals surface area contributed by atoms with E-state index in [0.29, 0.717) is 28.3 Å². The van der Waals surface area contributed by atoms with E-state index in [1.54, 1.807) is 42.7 Å². The largest absolute Gasteiger partial charge is 0.465 e. The number of esters is 1. The summed E-state index contributed by atoms with van der Waals surface area (Å²) in [6, 6.07) is 24.7. The van der Waals surface area contributed by atoms with Crippen molar-refractivity contribution in [2.75, 3.05) is 12.4 Å². The summed E-state index contributed by atoms with van der Waals surface area (Å²) in [4.78, 5) is 28.3. The summed E-state index contributed by atoms with van der Waals surface area (Å²) >= 11 is 0. The average molecular weight is 492 g/mol. The first-order valence-electron chi connectivity index (χ1n) is 11.6. The third-order valence-corrected chi connectivity index (χ3v) is 5.42. The number of carbonyl (C=O) groups excluding carboxylic acids is 2. The van der Waals surface area contributed by atoms with Gasteiger partial charge in [0.15, 0.2) is 0 Å². The molecular weight excluding hydrogens is 466 g/mol. The summed E-state index contributed by atoms with van der Waals surface area (Å²) in [5, 5.41) is 5.82. The van der Waals surface area contributed by atoms with Crippen LogP contribution >= 0.6 is 0 Å². The van der Waals surface area contributed by atoms with Crippen molar-refractivity contribution in [3.8, 4) is 23.3 Å². The Balaban J connectivity index is 1.37. The zero-order valence-corrected chi connectivity index (χ0v) is 20.4. The summed E-state index contributed by atoms with van der Waals surface area (Å²) < 4.78 is 10.5. The molecule has 1 heterocycles. The second-order valence-electron chi connectivity index (χ2n) is 8.04. The Morgan fingerprint density at radius 1 is 0.865 bits per heavy atom. The number of urea groups is 1. The van der Waals surface area contributed by atoms with Crippen molar-refractivity contribution in [3.05, 3.63) is 120 Å². The van der Waals surface area contributed by atoms with Gasteiger partial charge in [-0.3, -0.25) is 4.98 Å². The molecule has 7 heteroatoms. The molecule has 3 aromatic carbocycles. The van der Waals surface area contributed by atoms with Gasteiger partial charge in [0, 0.05) is 17.3 Å². The van der Waals surface area contributed by atoms with E-state index in [4.69, 9.17) is 9.47 Å². The van der Waals surface area contributed by atoms with Gasteiger partial charge >= 0.3 is 12.0 Å². The van der Waals surface area contributed by atoms with Gasteiger partial charge in [-0.05, 0) is 73.2 Å². The minimum atomic E-state index is -0.400. The van der Waals surface area contributed by atoms with Crippen LogP contribution in [0.5, 0.6) is 11.5 Å². The molecule has 0 aliphatic rings. The summed E-state index contributed by atoms with van der Waals surface area (Å²) in [5.41, 5.74) is 3.37.